The average Bonchev–Trinajstić information content (AvgIpc) is 2.20. The number of carbonyl (C=O) groups excluding carboxylic acids is 1. The van der Waals surface area contributed by atoms with Gasteiger partial charge in [0.25, 0.3) is 0 Å². The van der Waals surface area contributed by atoms with E-state index in [0.717, 1.165) is 0 Å². The Balaban J connectivity index is 4.05. The van der Waals surface area contributed by atoms with Crippen LogP contribution in [0.25, 0.3) is 0 Å². The van der Waals surface area contributed by atoms with Crippen molar-refractivity contribution < 1.29 is 24.2 Å². The van der Waals surface area contributed by atoms with Gasteiger partial charge in [-0.2, -0.15) is 0 Å². The van der Waals surface area contributed by atoms with E-state index in [1.807, 2.05) is 6.92 Å². The molecular formula is C10H16O5. The molecule has 1 N–H and O–H groups in total. The number of hydrogen-bond acceptors (Lipinski definition) is 4. The Morgan fingerprint density at radius 1 is 1.27 bits per heavy atom. The summed E-state index contributed by atoms with van der Waals surface area (Å²) in [6, 6.07) is 0. The molecule has 15 heavy (non-hydrogen) atoms. The van der Waals surface area contributed by atoms with Crippen molar-refractivity contribution in [1.82, 2.24) is 0 Å². The molecule has 5 heteroatoms. The van der Waals surface area contributed by atoms with Gasteiger partial charge in [0.2, 0.25) is 0 Å². The van der Waals surface area contributed by atoms with E-state index in [1.165, 1.54) is 6.08 Å². The van der Waals surface area contributed by atoms with E-state index in [9.17, 15) is 9.59 Å². The predicted molar refractivity (Wildman–Crippen MR) is 53.5 cm³/mol. The van der Waals surface area contributed by atoms with Gasteiger partial charge in [0.1, 0.15) is 12.2 Å². The first kappa shape index (κ1) is 13.6. The Kier molecular flexibility index (Phi) is 7.27. The molecule has 0 bridgehead atoms. The highest BCUT2D eigenvalue weighted by molar-refractivity contribution is 6.13. The number of aliphatic carboxylic acids is 1. The third kappa shape index (κ3) is 5.85. The number of ether oxygens (including phenoxy) is 2. The molecule has 0 fully saturated rings. The Morgan fingerprint density at radius 2 is 1.93 bits per heavy atom. The third-order valence-corrected chi connectivity index (χ3v) is 1.52. The lowest BCUT2D eigenvalue weighted by atomic mass is 10.2. The quantitative estimate of drug-likeness (QED) is 0.226. The van der Waals surface area contributed by atoms with Crippen LogP contribution in [0.3, 0.4) is 0 Å². The van der Waals surface area contributed by atoms with Crippen LogP contribution in [0.5, 0.6) is 0 Å². The maximum Gasteiger partial charge on any atom is 0.345 e. The number of hydrogen-bond donors (Lipinski definition) is 1. The first-order valence-electron chi connectivity index (χ1n) is 4.81. The minimum absolute atomic E-state index is 0.0704. The summed E-state index contributed by atoms with van der Waals surface area (Å²) in [5.41, 5.74) is -0.325. The lowest BCUT2D eigenvalue weighted by molar-refractivity contribution is -0.145. The van der Waals surface area contributed by atoms with Crippen LogP contribution in [0.2, 0.25) is 0 Å². The van der Waals surface area contributed by atoms with Crippen molar-refractivity contribution in [2.75, 3.05) is 19.8 Å². The van der Waals surface area contributed by atoms with E-state index in [1.54, 1.807) is 6.92 Å². The molecule has 5 nitrogen and oxygen atoms in total. The van der Waals surface area contributed by atoms with Gasteiger partial charge in [-0.25, -0.2) is 9.59 Å². The summed E-state index contributed by atoms with van der Waals surface area (Å²) in [5, 5.41) is 8.68. The topological polar surface area (TPSA) is 72.8 Å². The van der Waals surface area contributed by atoms with E-state index in [-0.39, 0.29) is 18.8 Å². The van der Waals surface area contributed by atoms with Gasteiger partial charge in [-0.1, -0.05) is 13.0 Å². The maximum atomic E-state index is 11.2. The molecule has 0 rings (SSSR count). The van der Waals surface area contributed by atoms with Gasteiger partial charge >= 0.3 is 11.9 Å². The van der Waals surface area contributed by atoms with Crippen LogP contribution in [-0.2, 0) is 19.1 Å². The predicted octanol–water partition coefficient (Wildman–Crippen LogP) is 0.987. The van der Waals surface area contributed by atoms with Crippen molar-refractivity contribution in [3.05, 3.63) is 11.6 Å². The number of allylic oxidation sites excluding steroid dienone is 1. The highest BCUT2D eigenvalue weighted by Crippen LogP contribution is 2.00. The van der Waals surface area contributed by atoms with Crippen LogP contribution < -0.4 is 0 Å². The summed E-state index contributed by atoms with van der Waals surface area (Å²) in [6.07, 6.45) is 1.80. The molecule has 0 atom stereocenters. The number of carboxylic acids is 1. The zero-order chi connectivity index (χ0) is 11.7. The van der Waals surface area contributed by atoms with E-state index in [4.69, 9.17) is 14.6 Å². The van der Waals surface area contributed by atoms with Crippen LogP contribution in [-0.4, -0.2) is 36.9 Å². The monoisotopic (exact) mass is 216 g/mol. The molecule has 0 aromatic carbocycles. The van der Waals surface area contributed by atoms with E-state index in [2.05, 4.69) is 0 Å². The van der Waals surface area contributed by atoms with Crippen molar-refractivity contribution in [3.63, 3.8) is 0 Å². The van der Waals surface area contributed by atoms with Gasteiger partial charge in [-0.05, 0) is 13.3 Å². The number of esters is 1. The summed E-state index contributed by atoms with van der Waals surface area (Å²) in [6.45, 7) is 4.45. The summed E-state index contributed by atoms with van der Waals surface area (Å²) in [5.74, 6) is -2.08. The first-order chi connectivity index (χ1) is 7.13. The molecule has 0 aromatic rings. The highest BCUT2D eigenvalue weighted by Gasteiger charge is 2.17. The Labute approximate surface area is 88.7 Å². The molecule has 0 aliphatic rings. The van der Waals surface area contributed by atoms with Gasteiger partial charge in [0.15, 0.2) is 0 Å². The van der Waals surface area contributed by atoms with Crippen LogP contribution >= 0.6 is 0 Å². The second kappa shape index (κ2) is 7.99. The Hall–Kier alpha value is -1.36. The van der Waals surface area contributed by atoms with Crippen LogP contribution in [0, 0.1) is 0 Å². The molecule has 0 aromatic heterocycles. The standard InChI is InChI=1S/C10H16O5/c1-3-5-8(9(11)12)10(13)15-7-6-14-4-2/h5H,3-4,6-7H2,1-2H3,(H,11,12). The summed E-state index contributed by atoms with van der Waals surface area (Å²) >= 11 is 0. The van der Waals surface area contributed by atoms with E-state index < -0.39 is 11.9 Å². The zero-order valence-corrected chi connectivity index (χ0v) is 8.99. The molecule has 0 spiro atoms. The maximum absolute atomic E-state index is 11.2. The highest BCUT2D eigenvalue weighted by atomic mass is 16.6. The fourth-order valence-electron chi connectivity index (χ4n) is 0.877. The lowest BCUT2D eigenvalue weighted by Gasteiger charge is -2.04. The number of rotatable bonds is 7. The SMILES string of the molecule is CCC=C(C(=O)O)C(=O)OCCOCC. The van der Waals surface area contributed by atoms with Crippen molar-refractivity contribution in [2.45, 2.75) is 20.3 Å². The molecule has 0 aliphatic carbocycles. The van der Waals surface area contributed by atoms with Gasteiger partial charge in [0.05, 0.1) is 6.61 Å². The lowest BCUT2D eigenvalue weighted by Crippen LogP contribution is -2.17. The molecule has 0 amide bonds. The zero-order valence-electron chi connectivity index (χ0n) is 8.99. The first-order valence-corrected chi connectivity index (χ1v) is 4.81. The molecule has 0 saturated heterocycles. The average molecular weight is 216 g/mol. The van der Waals surface area contributed by atoms with Gasteiger partial charge in [-0.15, -0.1) is 0 Å². The second-order valence-electron chi connectivity index (χ2n) is 2.66. The third-order valence-electron chi connectivity index (χ3n) is 1.52. The van der Waals surface area contributed by atoms with Crippen LogP contribution in [0.1, 0.15) is 20.3 Å². The summed E-state index contributed by atoms with van der Waals surface area (Å²) in [7, 11) is 0. The Morgan fingerprint density at radius 3 is 2.40 bits per heavy atom. The van der Waals surface area contributed by atoms with Crippen molar-refractivity contribution in [2.24, 2.45) is 0 Å². The van der Waals surface area contributed by atoms with E-state index >= 15 is 0 Å². The number of carbonyl (C=O) groups is 2. The summed E-state index contributed by atoms with van der Waals surface area (Å²) < 4.78 is 9.65. The van der Waals surface area contributed by atoms with Crippen molar-refractivity contribution in [3.8, 4) is 0 Å². The number of carboxylic acid groups (broad SMARTS) is 1. The largest absolute Gasteiger partial charge is 0.477 e. The minimum atomic E-state index is -1.27. The van der Waals surface area contributed by atoms with Crippen LogP contribution in [0.15, 0.2) is 11.6 Å². The minimum Gasteiger partial charge on any atom is -0.477 e. The smallest absolute Gasteiger partial charge is 0.345 e. The van der Waals surface area contributed by atoms with Gasteiger partial charge < -0.3 is 14.6 Å². The molecule has 0 aliphatic heterocycles. The second-order valence-corrected chi connectivity index (χ2v) is 2.66. The molecule has 0 heterocycles. The molecular weight excluding hydrogens is 200 g/mol. The fraction of sp³-hybridized carbons (Fsp3) is 0.600. The molecule has 0 saturated carbocycles. The van der Waals surface area contributed by atoms with Gasteiger partial charge in [0, 0.05) is 6.61 Å². The molecule has 86 valence electrons. The van der Waals surface area contributed by atoms with Crippen LogP contribution in [0.4, 0.5) is 0 Å². The Bertz CT molecular complexity index is 244. The summed E-state index contributed by atoms with van der Waals surface area (Å²) in [4.78, 5) is 21.8. The van der Waals surface area contributed by atoms with Crippen molar-refractivity contribution >= 4 is 11.9 Å². The van der Waals surface area contributed by atoms with Crippen molar-refractivity contribution in [1.29, 1.82) is 0 Å². The van der Waals surface area contributed by atoms with E-state index in [0.29, 0.717) is 13.0 Å². The fourth-order valence-corrected chi connectivity index (χ4v) is 0.877. The normalized spacial score (nSPS) is 11.2. The van der Waals surface area contributed by atoms with Gasteiger partial charge in [-0.3, -0.25) is 0 Å². The molecule has 0 radical (unpaired) electrons. The molecule has 0 unspecified atom stereocenters.